The van der Waals surface area contributed by atoms with Gasteiger partial charge in [0.05, 0.1) is 0 Å². The predicted molar refractivity (Wildman–Crippen MR) is 59.7 cm³/mol. The van der Waals surface area contributed by atoms with Crippen molar-refractivity contribution in [1.82, 2.24) is 0 Å². The van der Waals surface area contributed by atoms with Gasteiger partial charge in [0.1, 0.15) is 6.10 Å². The molecule has 1 aliphatic heterocycles. The molecule has 0 N–H and O–H groups in total. The van der Waals surface area contributed by atoms with Gasteiger partial charge in [-0.2, -0.15) is 0 Å². The van der Waals surface area contributed by atoms with Crippen LogP contribution in [-0.2, 0) is 9.53 Å². The second kappa shape index (κ2) is 5.11. The first-order valence-electron chi connectivity index (χ1n) is 6.42. The molecule has 2 fully saturated rings. The van der Waals surface area contributed by atoms with E-state index in [-0.39, 0.29) is 6.10 Å². The van der Waals surface area contributed by atoms with Crippen LogP contribution >= 0.6 is 0 Å². The number of rotatable bonds is 2. The molecule has 1 aliphatic carbocycles. The Morgan fingerprint density at radius 1 is 1.07 bits per heavy atom. The van der Waals surface area contributed by atoms with Gasteiger partial charge < -0.3 is 4.74 Å². The predicted octanol–water partition coefficient (Wildman–Crippen LogP) is 2.95. The Kier molecular flexibility index (Phi) is 3.79. The van der Waals surface area contributed by atoms with E-state index in [1.807, 2.05) is 0 Å². The second-order valence-electron chi connectivity index (χ2n) is 5.21. The number of carbonyl (C=O) groups excluding carboxylic acids is 1. The lowest BCUT2D eigenvalue weighted by molar-refractivity contribution is -0.138. The summed E-state index contributed by atoms with van der Waals surface area (Å²) in [6.07, 6.45) is 7.85. The van der Waals surface area contributed by atoms with Crippen LogP contribution < -0.4 is 0 Å². The quantitative estimate of drug-likeness (QED) is 0.700. The summed E-state index contributed by atoms with van der Waals surface area (Å²) in [5.41, 5.74) is 0. The summed E-state index contributed by atoms with van der Waals surface area (Å²) in [4.78, 5) is 12.1. The maximum atomic E-state index is 12.1. The minimum absolute atomic E-state index is 0.0582. The van der Waals surface area contributed by atoms with Gasteiger partial charge in [-0.3, -0.25) is 4.79 Å². The van der Waals surface area contributed by atoms with Gasteiger partial charge in [0, 0.05) is 12.5 Å². The zero-order chi connectivity index (χ0) is 10.7. The Morgan fingerprint density at radius 3 is 2.40 bits per heavy atom. The molecule has 0 radical (unpaired) electrons. The van der Waals surface area contributed by atoms with Gasteiger partial charge in [-0.15, -0.1) is 0 Å². The average Bonchev–Trinajstić information content (AvgIpc) is 2.30. The van der Waals surface area contributed by atoms with Crippen LogP contribution in [0, 0.1) is 11.8 Å². The molecular weight excluding hydrogens is 188 g/mol. The summed E-state index contributed by atoms with van der Waals surface area (Å²) in [5, 5.41) is 0. The molecule has 2 aliphatic rings. The van der Waals surface area contributed by atoms with E-state index in [0.29, 0.717) is 11.7 Å². The largest absolute Gasteiger partial charge is 0.370 e. The first-order chi connectivity index (χ1) is 7.27. The van der Waals surface area contributed by atoms with Crippen molar-refractivity contribution in [3.8, 4) is 0 Å². The number of carbonyl (C=O) groups is 1. The van der Waals surface area contributed by atoms with E-state index < -0.39 is 0 Å². The van der Waals surface area contributed by atoms with Crippen molar-refractivity contribution in [2.24, 2.45) is 11.8 Å². The Morgan fingerprint density at radius 2 is 1.80 bits per heavy atom. The first-order valence-corrected chi connectivity index (χ1v) is 6.42. The fraction of sp³-hybridized carbons (Fsp3) is 0.923. The Hall–Kier alpha value is -0.370. The van der Waals surface area contributed by atoms with Crippen molar-refractivity contribution in [2.75, 3.05) is 6.61 Å². The highest BCUT2D eigenvalue weighted by Gasteiger charge is 2.31. The molecule has 1 saturated carbocycles. The van der Waals surface area contributed by atoms with E-state index in [1.165, 1.54) is 19.3 Å². The molecule has 15 heavy (non-hydrogen) atoms. The van der Waals surface area contributed by atoms with E-state index in [1.54, 1.807) is 0 Å². The van der Waals surface area contributed by atoms with Crippen LogP contribution in [-0.4, -0.2) is 18.5 Å². The summed E-state index contributed by atoms with van der Waals surface area (Å²) >= 11 is 0. The summed E-state index contributed by atoms with van der Waals surface area (Å²) in [6, 6.07) is 0. The zero-order valence-electron chi connectivity index (χ0n) is 9.71. The van der Waals surface area contributed by atoms with E-state index in [4.69, 9.17) is 4.74 Å². The SMILES string of the molecule is CC1CCC(C(=O)C2CCCCO2)CC1. The van der Waals surface area contributed by atoms with Crippen molar-refractivity contribution >= 4 is 5.78 Å². The standard InChI is InChI=1S/C13H22O2/c1-10-5-7-11(8-6-10)13(14)12-4-2-3-9-15-12/h10-12H,2-9H2,1H3. The molecule has 0 aromatic heterocycles. The highest BCUT2D eigenvalue weighted by atomic mass is 16.5. The van der Waals surface area contributed by atoms with Gasteiger partial charge in [-0.05, 0) is 38.0 Å². The highest BCUT2D eigenvalue weighted by Crippen LogP contribution is 2.31. The van der Waals surface area contributed by atoms with Crippen LogP contribution in [0.3, 0.4) is 0 Å². The molecule has 86 valence electrons. The molecule has 1 saturated heterocycles. The number of Topliss-reactive ketones (excluding diaryl/α,β-unsaturated/α-hetero) is 1. The zero-order valence-corrected chi connectivity index (χ0v) is 9.71. The third-order valence-electron chi connectivity index (χ3n) is 3.92. The minimum atomic E-state index is -0.0582. The maximum absolute atomic E-state index is 12.1. The number of ketones is 1. The molecule has 2 heteroatoms. The Bertz CT molecular complexity index is 211. The van der Waals surface area contributed by atoms with Crippen LogP contribution in [0.1, 0.15) is 51.9 Å². The molecule has 2 rings (SSSR count). The monoisotopic (exact) mass is 210 g/mol. The fourth-order valence-electron chi connectivity index (χ4n) is 2.77. The molecule has 0 spiro atoms. The molecule has 1 atom stereocenters. The molecule has 2 nitrogen and oxygen atoms in total. The van der Waals surface area contributed by atoms with E-state index in [0.717, 1.165) is 38.2 Å². The summed E-state index contributed by atoms with van der Waals surface area (Å²) in [6.45, 7) is 3.08. The Labute approximate surface area is 92.4 Å². The van der Waals surface area contributed by atoms with Crippen molar-refractivity contribution in [3.05, 3.63) is 0 Å². The summed E-state index contributed by atoms with van der Waals surface area (Å²) in [5.74, 6) is 1.53. The van der Waals surface area contributed by atoms with Crippen LogP contribution in [0.25, 0.3) is 0 Å². The molecule has 0 aromatic rings. The topological polar surface area (TPSA) is 26.3 Å². The van der Waals surface area contributed by atoms with Crippen LogP contribution in [0.2, 0.25) is 0 Å². The molecule has 0 aromatic carbocycles. The van der Waals surface area contributed by atoms with E-state index in [9.17, 15) is 4.79 Å². The maximum Gasteiger partial charge on any atom is 0.164 e. The van der Waals surface area contributed by atoms with Gasteiger partial charge in [-0.25, -0.2) is 0 Å². The van der Waals surface area contributed by atoms with Gasteiger partial charge >= 0.3 is 0 Å². The average molecular weight is 210 g/mol. The van der Waals surface area contributed by atoms with Gasteiger partial charge in [0.25, 0.3) is 0 Å². The van der Waals surface area contributed by atoms with Crippen molar-refractivity contribution in [1.29, 1.82) is 0 Å². The third-order valence-corrected chi connectivity index (χ3v) is 3.92. The van der Waals surface area contributed by atoms with Crippen LogP contribution in [0.15, 0.2) is 0 Å². The van der Waals surface area contributed by atoms with E-state index in [2.05, 4.69) is 6.92 Å². The van der Waals surface area contributed by atoms with Gasteiger partial charge in [-0.1, -0.05) is 19.8 Å². The molecule has 0 bridgehead atoms. The smallest absolute Gasteiger partial charge is 0.164 e. The van der Waals surface area contributed by atoms with Crippen molar-refractivity contribution < 1.29 is 9.53 Å². The van der Waals surface area contributed by atoms with Crippen LogP contribution in [0.4, 0.5) is 0 Å². The molecule has 1 heterocycles. The molecule has 0 amide bonds. The highest BCUT2D eigenvalue weighted by molar-refractivity contribution is 5.85. The molecular formula is C13H22O2. The number of hydrogen-bond acceptors (Lipinski definition) is 2. The second-order valence-corrected chi connectivity index (χ2v) is 5.21. The Balaban J connectivity index is 1.84. The third kappa shape index (κ3) is 2.81. The lowest BCUT2D eigenvalue weighted by Gasteiger charge is -2.29. The number of hydrogen-bond donors (Lipinski definition) is 0. The number of ether oxygens (including phenoxy) is 1. The van der Waals surface area contributed by atoms with Gasteiger partial charge in [0.2, 0.25) is 0 Å². The lowest BCUT2D eigenvalue weighted by atomic mass is 9.79. The lowest BCUT2D eigenvalue weighted by Crippen LogP contribution is -2.34. The molecule has 1 unspecified atom stereocenters. The van der Waals surface area contributed by atoms with Crippen molar-refractivity contribution in [3.63, 3.8) is 0 Å². The summed E-state index contributed by atoms with van der Waals surface area (Å²) in [7, 11) is 0. The summed E-state index contributed by atoms with van der Waals surface area (Å²) < 4.78 is 5.57. The fourth-order valence-corrected chi connectivity index (χ4v) is 2.77. The first kappa shape index (κ1) is 11.1. The van der Waals surface area contributed by atoms with E-state index >= 15 is 0 Å². The van der Waals surface area contributed by atoms with Crippen LogP contribution in [0.5, 0.6) is 0 Å². The van der Waals surface area contributed by atoms with Crippen molar-refractivity contribution in [2.45, 2.75) is 58.0 Å². The minimum Gasteiger partial charge on any atom is -0.370 e. The van der Waals surface area contributed by atoms with Gasteiger partial charge in [0.15, 0.2) is 5.78 Å². The normalized spacial score (nSPS) is 37.5.